The first-order valence-electron chi connectivity index (χ1n) is 16.1. The molecule has 0 saturated carbocycles. The van der Waals surface area contributed by atoms with Gasteiger partial charge in [0.05, 0.1) is 29.7 Å². The largest absolute Gasteiger partial charge is 0.390 e. The van der Waals surface area contributed by atoms with Crippen LogP contribution in [0.15, 0.2) is 84.8 Å². The van der Waals surface area contributed by atoms with Crippen molar-refractivity contribution in [2.45, 2.75) is 12.1 Å². The molecule has 0 aliphatic carbocycles. The number of carbonyl (C=O) groups excluding carboxylic acids is 2. The number of likely N-dealkylation sites (tertiary alicyclic amines) is 1. The Morgan fingerprint density at radius 1 is 0.681 bits per heavy atom. The second-order valence-corrected chi connectivity index (χ2v) is 13.4. The van der Waals surface area contributed by atoms with E-state index in [4.69, 9.17) is 23.2 Å². The Hall–Kier alpha value is -3.80. The minimum atomic E-state index is -0.518. The number of nitrogens with zero attached hydrogens (tertiary/aromatic N) is 7. The molecule has 4 heterocycles. The van der Waals surface area contributed by atoms with Gasteiger partial charge in [0, 0.05) is 93.7 Å². The maximum absolute atomic E-state index is 13.2. The van der Waals surface area contributed by atoms with Crippen molar-refractivity contribution in [2.75, 3.05) is 82.4 Å². The minimum Gasteiger partial charge on any atom is -0.390 e. The SMILES string of the molecule is CN1C(N2CC(O)C(N3CCN(C(=O)c4ccc(Cl)cc4)CC3)C2)=CN(N2CCN(C(=O)c3ccc(Cl)cc3)CC2)c2ccccc21. The summed E-state index contributed by atoms with van der Waals surface area (Å²) in [6, 6.07) is 22.4. The molecule has 2 unspecified atom stereocenters. The van der Waals surface area contributed by atoms with Crippen LogP contribution in [0.1, 0.15) is 20.7 Å². The smallest absolute Gasteiger partial charge is 0.253 e. The molecule has 4 aliphatic heterocycles. The van der Waals surface area contributed by atoms with Gasteiger partial charge in [0.1, 0.15) is 5.82 Å². The Balaban J connectivity index is 1.02. The minimum absolute atomic E-state index is 0.0119. The Kier molecular flexibility index (Phi) is 9.04. The summed E-state index contributed by atoms with van der Waals surface area (Å²) in [4.78, 5) is 36.8. The summed E-state index contributed by atoms with van der Waals surface area (Å²) in [5.41, 5.74) is 3.44. The third-order valence-corrected chi connectivity index (χ3v) is 10.3. The van der Waals surface area contributed by atoms with Crippen molar-refractivity contribution in [2.24, 2.45) is 0 Å². The highest BCUT2D eigenvalue weighted by molar-refractivity contribution is 6.31. The predicted molar refractivity (Wildman–Crippen MR) is 185 cm³/mol. The topological polar surface area (TPSA) is 77.1 Å². The van der Waals surface area contributed by atoms with Crippen molar-refractivity contribution in [3.8, 4) is 0 Å². The number of hydrogen-bond donors (Lipinski definition) is 1. The van der Waals surface area contributed by atoms with E-state index in [0.29, 0.717) is 86.6 Å². The third-order valence-electron chi connectivity index (χ3n) is 9.76. The lowest BCUT2D eigenvalue weighted by Crippen LogP contribution is -2.55. The van der Waals surface area contributed by atoms with Crippen molar-refractivity contribution < 1.29 is 14.7 Å². The van der Waals surface area contributed by atoms with Gasteiger partial charge in [-0.2, -0.15) is 0 Å². The van der Waals surface area contributed by atoms with Crippen LogP contribution in [-0.2, 0) is 0 Å². The van der Waals surface area contributed by atoms with Crippen LogP contribution in [-0.4, -0.2) is 126 Å². The van der Waals surface area contributed by atoms with Gasteiger partial charge in [-0.25, -0.2) is 5.01 Å². The van der Waals surface area contributed by atoms with Gasteiger partial charge < -0.3 is 24.7 Å². The number of halogens is 2. The first-order valence-corrected chi connectivity index (χ1v) is 16.9. The third kappa shape index (κ3) is 6.40. The number of aliphatic hydroxyl groups excluding tert-OH is 1. The zero-order valence-electron chi connectivity index (χ0n) is 26.4. The Morgan fingerprint density at radius 2 is 1.19 bits per heavy atom. The lowest BCUT2D eigenvalue weighted by Gasteiger charge is -2.46. The number of rotatable bonds is 5. The van der Waals surface area contributed by atoms with Crippen LogP contribution in [0.25, 0.3) is 0 Å². The van der Waals surface area contributed by atoms with E-state index in [0.717, 1.165) is 17.2 Å². The molecule has 4 aliphatic rings. The average Bonchev–Trinajstić information content (AvgIpc) is 3.49. The molecule has 2 atom stereocenters. The number of benzene rings is 3. The molecule has 12 heteroatoms. The molecule has 0 spiro atoms. The van der Waals surface area contributed by atoms with E-state index in [2.05, 4.69) is 50.1 Å². The maximum atomic E-state index is 13.2. The van der Waals surface area contributed by atoms with E-state index < -0.39 is 6.10 Å². The van der Waals surface area contributed by atoms with Crippen molar-refractivity contribution in [1.29, 1.82) is 0 Å². The molecule has 0 aromatic heterocycles. The highest BCUT2D eigenvalue weighted by Crippen LogP contribution is 2.38. The van der Waals surface area contributed by atoms with Crippen molar-refractivity contribution in [3.05, 3.63) is 106 Å². The van der Waals surface area contributed by atoms with Crippen LogP contribution in [0.2, 0.25) is 10.0 Å². The first-order chi connectivity index (χ1) is 22.8. The summed E-state index contributed by atoms with van der Waals surface area (Å²) in [5.74, 6) is 1.04. The molecule has 3 fully saturated rings. The lowest BCUT2D eigenvalue weighted by molar-refractivity contribution is 0.0376. The first kappa shape index (κ1) is 31.8. The number of β-amino-alcohol motifs (C(OH)–C–C–N with tert-alkyl or cyclic N) is 1. The standard InChI is InChI=1S/C35H39Cl2N7O3/c1-38-29-4-2-3-5-30(29)44(43-20-18-41(19-21-43)35(47)26-8-12-28(37)13-9-26)24-33(38)42-22-31(32(45)23-42)39-14-16-40(17-15-39)34(46)25-6-10-27(36)11-7-25/h2-13,24,31-32,45H,14-23H2,1H3. The quantitative estimate of drug-likeness (QED) is 0.436. The predicted octanol–water partition coefficient (Wildman–Crippen LogP) is 3.92. The van der Waals surface area contributed by atoms with Crippen molar-refractivity contribution in [3.63, 3.8) is 0 Å². The van der Waals surface area contributed by atoms with E-state index in [9.17, 15) is 14.7 Å². The van der Waals surface area contributed by atoms with Crippen LogP contribution in [0.4, 0.5) is 11.4 Å². The van der Waals surface area contributed by atoms with E-state index >= 15 is 0 Å². The number of fused-ring (bicyclic) bond motifs is 1. The summed E-state index contributed by atoms with van der Waals surface area (Å²) >= 11 is 12.0. The molecule has 47 heavy (non-hydrogen) atoms. The van der Waals surface area contributed by atoms with Crippen LogP contribution in [0, 0.1) is 0 Å². The molecule has 3 aromatic carbocycles. The molecular weight excluding hydrogens is 637 g/mol. The van der Waals surface area contributed by atoms with E-state index in [-0.39, 0.29) is 17.9 Å². The zero-order valence-corrected chi connectivity index (χ0v) is 27.9. The van der Waals surface area contributed by atoms with Gasteiger partial charge in [-0.3, -0.25) is 19.5 Å². The van der Waals surface area contributed by atoms with E-state index in [1.807, 2.05) is 21.9 Å². The summed E-state index contributed by atoms with van der Waals surface area (Å²) < 4.78 is 0. The molecule has 0 bridgehead atoms. The van der Waals surface area contributed by atoms with Crippen molar-refractivity contribution >= 4 is 46.4 Å². The Morgan fingerprint density at radius 3 is 1.74 bits per heavy atom. The molecule has 3 saturated heterocycles. The number of amides is 2. The van der Waals surface area contributed by atoms with Crippen LogP contribution in [0.3, 0.4) is 0 Å². The normalized spacial score (nSPS) is 22.4. The average molecular weight is 677 g/mol. The Labute approximate surface area is 285 Å². The van der Waals surface area contributed by atoms with Crippen LogP contribution in [0.5, 0.6) is 0 Å². The van der Waals surface area contributed by atoms with E-state index in [1.54, 1.807) is 48.5 Å². The number of carbonyl (C=O) groups is 2. The number of hydrogen-bond acceptors (Lipinski definition) is 8. The molecule has 0 radical (unpaired) electrons. The van der Waals surface area contributed by atoms with Gasteiger partial charge in [0.25, 0.3) is 11.8 Å². The lowest BCUT2D eigenvalue weighted by atomic mass is 10.1. The zero-order chi connectivity index (χ0) is 32.7. The fourth-order valence-electron chi connectivity index (χ4n) is 7.09. The number of anilines is 2. The van der Waals surface area contributed by atoms with Gasteiger partial charge >= 0.3 is 0 Å². The molecule has 2 amide bonds. The number of piperazine rings is 2. The summed E-state index contributed by atoms with van der Waals surface area (Å²) in [6.07, 6.45) is 1.65. The van der Waals surface area contributed by atoms with Crippen molar-refractivity contribution in [1.82, 2.24) is 24.6 Å². The second-order valence-electron chi connectivity index (χ2n) is 12.5. The highest BCUT2D eigenvalue weighted by Gasteiger charge is 2.40. The molecule has 1 N–H and O–H groups in total. The highest BCUT2D eigenvalue weighted by atomic mass is 35.5. The molecular formula is C35H39Cl2N7O3. The fraction of sp³-hybridized carbons (Fsp3) is 0.371. The van der Waals surface area contributed by atoms with Crippen LogP contribution < -0.4 is 9.91 Å². The summed E-state index contributed by atoms with van der Waals surface area (Å²) in [7, 11) is 2.07. The molecule has 3 aromatic rings. The van der Waals surface area contributed by atoms with Gasteiger partial charge in [-0.1, -0.05) is 35.3 Å². The monoisotopic (exact) mass is 675 g/mol. The number of para-hydroxylation sites is 2. The maximum Gasteiger partial charge on any atom is 0.253 e. The molecule has 10 nitrogen and oxygen atoms in total. The number of hydrazine groups is 1. The van der Waals surface area contributed by atoms with E-state index in [1.165, 1.54) is 0 Å². The van der Waals surface area contributed by atoms with Gasteiger partial charge in [0.15, 0.2) is 0 Å². The fourth-order valence-corrected chi connectivity index (χ4v) is 7.35. The van der Waals surface area contributed by atoms with Gasteiger partial charge in [-0.05, 0) is 60.7 Å². The molecule has 7 rings (SSSR count). The van der Waals surface area contributed by atoms with Gasteiger partial charge in [-0.15, -0.1) is 0 Å². The molecule has 246 valence electrons. The summed E-state index contributed by atoms with van der Waals surface area (Å²) in [6.45, 7) is 6.42. The number of aliphatic hydroxyl groups is 1. The Bertz CT molecular complexity index is 1640. The summed E-state index contributed by atoms with van der Waals surface area (Å²) in [5, 5.41) is 17.1. The van der Waals surface area contributed by atoms with Gasteiger partial charge in [0.2, 0.25) is 0 Å². The van der Waals surface area contributed by atoms with Crippen LogP contribution >= 0.6 is 23.2 Å². The second kappa shape index (κ2) is 13.4.